The van der Waals surface area contributed by atoms with Crippen LogP contribution in [0.3, 0.4) is 0 Å². The SMILES string of the molecule is CC(C)CNC(=O)c1ccccc1NC(=O)c1ccccc1Br. The minimum absolute atomic E-state index is 0.193. The van der Waals surface area contributed by atoms with E-state index >= 15 is 0 Å². The van der Waals surface area contributed by atoms with E-state index in [-0.39, 0.29) is 11.8 Å². The van der Waals surface area contributed by atoms with Crippen LogP contribution in [-0.2, 0) is 0 Å². The normalized spacial score (nSPS) is 10.4. The zero-order chi connectivity index (χ0) is 16.8. The van der Waals surface area contributed by atoms with Gasteiger partial charge in [0, 0.05) is 11.0 Å². The number of nitrogens with one attached hydrogen (secondary N) is 2. The molecule has 2 aromatic carbocycles. The molecule has 4 nitrogen and oxygen atoms in total. The first-order valence-electron chi connectivity index (χ1n) is 7.42. The molecule has 23 heavy (non-hydrogen) atoms. The molecule has 0 aromatic heterocycles. The summed E-state index contributed by atoms with van der Waals surface area (Å²) in [5.74, 6) is -0.0933. The minimum Gasteiger partial charge on any atom is -0.352 e. The molecule has 0 saturated carbocycles. The molecule has 0 atom stereocenters. The van der Waals surface area contributed by atoms with Crippen LogP contribution in [0.1, 0.15) is 34.6 Å². The zero-order valence-electron chi connectivity index (χ0n) is 13.1. The van der Waals surface area contributed by atoms with Gasteiger partial charge < -0.3 is 10.6 Å². The third-order valence-electron chi connectivity index (χ3n) is 3.21. The highest BCUT2D eigenvalue weighted by atomic mass is 79.9. The minimum atomic E-state index is -0.262. The maximum atomic E-state index is 12.4. The van der Waals surface area contributed by atoms with Crippen molar-refractivity contribution < 1.29 is 9.59 Å². The van der Waals surface area contributed by atoms with Gasteiger partial charge in [0.2, 0.25) is 0 Å². The smallest absolute Gasteiger partial charge is 0.256 e. The Bertz CT molecular complexity index is 714. The van der Waals surface area contributed by atoms with Gasteiger partial charge in [-0.1, -0.05) is 38.1 Å². The van der Waals surface area contributed by atoms with Crippen LogP contribution in [0.25, 0.3) is 0 Å². The van der Waals surface area contributed by atoms with E-state index in [1.165, 1.54) is 0 Å². The number of anilines is 1. The summed E-state index contributed by atoms with van der Waals surface area (Å²) < 4.78 is 0.708. The van der Waals surface area contributed by atoms with Gasteiger partial charge in [-0.3, -0.25) is 9.59 Å². The molecule has 5 heteroatoms. The van der Waals surface area contributed by atoms with Gasteiger partial charge in [0.05, 0.1) is 16.8 Å². The Labute approximate surface area is 144 Å². The average Bonchev–Trinajstić information content (AvgIpc) is 2.53. The maximum Gasteiger partial charge on any atom is 0.256 e. The Morgan fingerprint density at radius 1 is 0.957 bits per heavy atom. The highest BCUT2D eigenvalue weighted by Gasteiger charge is 2.15. The van der Waals surface area contributed by atoms with Crippen LogP contribution < -0.4 is 10.6 Å². The number of rotatable bonds is 5. The van der Waals surface area contributed by atoms with Crippen LogP contribution in [0.5, 0.6) is 0 Å². The molecular formula is C18H19BrN2O2. The summed E-state index contributed by atoms with van der Waals surface area (Å²) in [4.78, 5) is 24.7. The lowest BCUT2D eigenvalue weighted by Crippen LogP contribution is -2.28. The van der Waals surface area contributed by atoms with Crippen molar-refractivity contribution >= 4 is 33.4 Å². The predicted molar refractivity (Wildman–Crippen MR) is 95.7 cm³/mol. The quantitative estimate of drug-likeness (QED) is 0.827. The highest BCUT2D eigenvalue weighted by molar-refractivity contribution is 9.10. The molecule has 0 aliphatic rings. The lowest BCUT2D eigenvalue weighted by Gasteiger charge is -2.13. The molecule has 0 bridgehead atoms. The number of halogens is 1. The van der Waals surface area contributed by atoms with E-state index in [9.17, 15) is 9.59 Å². The summed E-state index contributed by atoms with van der Waals surface area (Å²) in [7, 11) is 0. The predicted octanol–water partition coefficient (Wildman–Crippen LogP) is 4.09. The van der Waals surface area contributed by atoms with Gasteiger partial charge in [0.25, 0.3) is 11.8 Å². The van der Waals surface area contributed by atoms with Crippen LogP contribution in [0.4, 0.5) is 5.69 Å². The van der Waals surface area contributed by atoms with Crippen LogP contribution in [0, 0.1) is 5.92 Å². The first kappa shape index (κ1) is 17.2. The molecule has 120 valence electrons. The Morgan fingerprint density at radius 2 is 1.57 bits per heavy atom. The van der Waals surface area contributed by atoms with Crippen molar-refractivity contribution in [1.82, 2.24) is 5.32 Å². The lowest BCUT2D eigenvalue weighted by molar-refractivity contribution is 0.0950. The molecule has 2 N–H and O–H groups in total. The number of carbonyl (C=O) groups excluding carboxylic acids is 2. The van der Waals surface area contributed by atoms with Crippen molar-refractivity contribution in [3.05, 3.63) is 64.1 Å². The van der Waals surface area contributed by atoms with Crippen LogP contribution in [-0.4, -0.2) is 18.4 Å². The van der Waals surface area contributed by atoms with E-state index in [1.807, 2.05) is 19.9 Å². The van der Waals surface area contributed by atoms with Crippen molar-refractivity contribution in [2.45, 2.75) is 13.8 Å². The van der Waals surface area contributed by atoms with E-state index < -0.39 is 0 Å². The summed E-state index contributed by atoms with van der Waals surface area (Å²) in [6.45, 7) is 4.65. The Kier molecular flexibility index (Phi) is 5.93. The van der Waals surface area contributed by atoms with Crippen LogP contribution in [0.15, 0.2) is 53.0 Å². The number of amides is 2. The van der Waals surface area contributed by atoms with Crippen LogP contribution in [0.2, 0.25) is 0 Å². The fraction of sp³-hybridized carbons (Fsp3) is 0.222. The molecular weight excluding hydrogens is 356 g/mol. The Balaban J connectivity index is 2.19. The molecule has 0 aliphatic carbocycles. The number of benzene rings is 2. The molecule has 2 rings (SSSR count). The standard InChI is InChI=1S/C18H19BrN2O2/c1-12(2)11-20-17(22)14-8-4-6-10-16(14)21-18(23)13-7-3-5-9-15(13)19/h3-10,12H,11H2,1-2H3,(H,20,22)(H,21,23). The van der Waals surface area contributed by atoms with Gasteiger partial charge in [-0.2, -0.15) is 0 Å². The summed E-state index contributed by atoms with van der Waals surface area (Å²) in [6, 6.07) is 14.1. The second kappa shape index (κ2) is 7.92. The van der Waals surface area contributed by atoms with Gasteiger partial charge in [-0.15, -0.1) is 0 Å². The molecule has 0 heterocycles. The summed E-state index contributed by atoms with van der Waals surface area (Å²) in [5, 5.41) is 5.67. The van der Waals surface area contributed by atoms with Crippen molar-refractivity contribution in [3.8, 4) is 0 Å². The number of hydrogen-bond donors (Lipinski definition) is 2. The van der Waals surface area contributed by atoms with Crippen LogP contribution >= 0.6 is 15.9 Å². The van der Waals surface area contributed by atoms with E-state index in [1.54, 1.807) is 42.5 Å². The molecule has 2 amide bonds. The molecule has 0 aliphatic heterocycles. The zero-order valence-corrected chi connectivity index (χ0v) is 14.7. The van der Waals surface area contributed by atoms with Gasteiger partial charge in [-0.05, 0) is 46.1 Å². The summed E-state index contributed by atoms with van der Waals surface area (Å²) >= 11 is 3.36. The Morgan fingerprint density at radius 3 is 2.22 bits per heavy atom. The second-order valence-electron chi connectivity index (χ2n) is 5.58. The third kappa shape index (κ3) is 4.66. The monoisotopic (exact) mass is 374 g/mol. The topological polar surface area (TPSA) is 58.2 Å². The first-order valence-corrected chi connectivity index (χ1v) is 8.21. The van der Waals surface area contributed by atoms with E-state index in [2.05, 4.69) is 26.6 Å². The Hall–Kier alpha value is -2.14. The summed E-state index contributed by atoms with van der Waals surface area (Å²) in [5.41, 5.74) is 1.47. The van der Waals surface area contributed by atoms with E-state index in [0.29, 0.717) is 33.7 Å². The van der Waals surface area contributed by atoms with Crippen molar-refractivity contribution in [2.75, 3.05) is 11.9 Å². The first-order chi connectivity index (χ1) is 11.0. The fourth-order valence-corrected chi connectivity index (χ4v) is 2.48. The number of para-hydroxylation sites is 1. The maximum absolute atomic E-state index is 12.4. The second-order valence-corrected chi connectivity index (χ2v) is 6.44. The average molecular weight is 375 g/mol. The van der Waals surface area contributed by atoms with Gasteiger partial charge in [0.1, 0.15) is 0 Å². The molecule has 0 saturated heterocycles. The number of hydrogen-bond acceptors (Lipinski definition) is 2. The molecule has 0 unspecified atom stereocenters. The molecule has 2 aromatic rings. The number of carbonyl (C=O) groups is 2. The third-order valence-corrected chi connectivity index (χ3v) is 3.90. The van der Waals surface area contributed by atoms with Gasteiger partial charge in [0.15, 0.2) is 0 Å². The summed E-state index contributed by atoms with van der Waals surface area (Å²) in [6.07, 6.45) is 0. The van der Waals surface area contributed by atoms with Crippen molar-refractivity contribution in [3.63, 3.8) is 0 Å². The van der Waals surface area contributed by atoms with E-state index in [4.69, 9.17) is 0 Å². The lowest BCUT2D eigenvalue weighted by atomic mass is 10.1. The molecule has 0 fully saturated rings. The van der Waals surface area contributed by atoms with E-state index in [0.717, 1.165) is 0 Å². The van der Waals surface area contributed by atoms with Crippen molar-refractivity contribution in [1.29, 1.82) is 0 Å². The van der Waals surface area contributed by atoms with Crippen molar-refractivity contribution in [2.24, 2.45) is 5.92 Å². The van der Waals surface area contributed by atoms with Gasteiger partial charge in [-0.25, -0.2) is 0 Å². The largest absolute Gasteiger partial charge is 0.352 e. The molecule has 0 radical (unpaired) electrons. The fourth-order valence-electron chi connectivity index (χ4n) is 2.02. The highest BCUT2D eigenvalue weighted by Crippen LogP contribution is 2.20. The van der Waals surface area contributed by atoms with Gasteiger partial charge >= 0.3 is 0 Å². The molecule has 0 spiro atoms.